The third kappa shape index (κ3) is 2.56. The molecule has 0 saturated carbocycles. The second kappa shape index (κ2) is 5.41. The van der Waals surface area contributed by atoms with E-state index in [-0.39, 0.29) is 11.5 Å². The fraction of sp³-hybridized carbons (Fsp3) is 0.429. The Labute approximate surface area is 119 Å². The van der Waals surface area contributed by atoms with Gasteiger partial charge in [0.25, 0.3) is 11.7 Å². The summed E-state index contributed by atoms with van der Waals surface area (Å²) in [6.07, 6.45) is 0. The fourth-order valence-corrected chi connectivity index (χ4v) is 3.08. The molecule has 1 aromatic rings. The van der Waals surface area contributed by atoms with E-state index in [1.807, 2.05) is 0 Å². The molecule has 0 saturated heterocycles. The SMILES string of the molecule is CC(C)C(CBr)CN1C(=O)C(=O)c2cc(F)ccc21. The molecule has 0 aliphatic carbocycles. The molecule has 1 aromatic carbocycles. The first kappa shape index (κ1) is 14.2. The smallest absolute Gasteiger partial charge is 0.299 e. The molecule has 0 radical (unpaired) electrons. The summed E-state index contributed by atoms with van der Waals surface area (Å²) < 4.78 is 13.2. The zero-order chi connectivity index (χ0) is 14.2. The minimum absolute atomic E-state index is 0.169. The van der Waals surface area contributed by atoms with Gasteiger partial charge in [-0.3, -0.25) is 9.59 Å². The van der Waals surface area contributed by atoms with Crippen molar-refractivity contribution in [3.8, 4) is 0 Å². The van der Waals surface area contributed by atoms with Gasteiger partial charge < -0.3 is 4.90 Å². The summed E-state index contributed by atoms with van der Waals surface area (Å²) in [6.45, 7) is 4.60. The highest BCUT2D eigenvalue weighted by atomic mass is 79.9. The lowest BCUT2D eigenvalue weighted by atomic mass is 9.97. The van der Waals surface area contributed by atoms with Crippen molar-refractivity contribution in [1.29, 1.82) is 0 Å². The Balaban J connectivity index is 2.33. The summed E-state index contributed by atoms with van der Waals surface area (Å²) in [6, 6.07) is 3.91. The van der Waals surface area contributed by atoms with E-state index in [9.17, 15) is 14.0 Å². The number of Topliss-reactive ketones (excluding diaryl/α,β-unsaturated/α-hetero) is 1. The van der Waals surface area contributed by atoms with Crippen LogP contribution in [0.5, 0.6) is 0 Å². The van der Waals surface area contributed by atoms with Gasteiger partial charge in [0.05, 0.1) is 11.3 Å². The van der Waals surface area contributed by atoms with Crippen molar-refractivity contribution in [3.05, 3.63) is 29.6 Å². The molecule has 19 heavy (non-hydrogen) atoms. The second-order valence-electron chi connectivity index (χ2n) is 5.06. The van der Waals surface area contributed by atoms with Crippen molar-refractivity contribution < 1.29 is 14.0 Å². The first-order chi connectivity index (χ1) is 8.95. The molecule has 3 nitrogen and oxygen atoms in total. The Morgan fingerprint density at radius 1 is 1.32 bits per heavy atom. The van der Waals surface area contributed by atoms with Crippen LogP contribution in [0.4, 0.5) is 10.1 Å². The van der Waals surface area contributed by atoms with Gasteiger partial charge in [-0.2, -0.15) is 0 Å². The van der Waals surface area contributed by atoms with Gasteiger partial charge in [0.15, 0.2) is 0 Å². The lowest BCUT2D eigenvalue weighted by Gasteiger charge is -2.25. The van der Waals surface area contributed by atoms with E-state index in [2.05, 4.69) is 29.8 Å². The number of ketones is 1. The molecule has 102 valence electrons. The first-order valence-corrected chi connectivity index (χ1v) is 7.29. The van der Waals surface area contributed by atoms with Crippen molar-refractivity contribution in [1.82, 2.24) is 0 Å². The monoisotopic (exact) mass is 327 g/mol. The second-order valence-corrected chi connectivity index (χ2v) is 5.71. The molecule has 2 rings (SSSR count). The number of benzene rings is 1. The quantitative estimate of drug-likeness (QED) is 0.629. The number of fused-ring (bicyclic) bond motifs is 1. The largest absolute Gasteiger partial charge is 0.304 e. The van der Waals surface area contributed by atoms with Gasteiger partial charge in [-0.25, -0.2) is 4.39 Å². The molecule has 1 amide bonds. The van der Waals surface area contributed by atoms with Crippen LogP contribution in [-0.2, 0) is 4.79 Å². The van der Waals surface area contributed by atoms with Crippen LogP contribution < -0.4 is 4.90 Å². The highest BCUT2D eigenvalue weighted by Gasteiger charge is 2.37. The molecule has 1 unspecified atom stereocenters. The average Bonchev–Trinajstić information content (AvgIpc) is 2.59. The van der Waals surface area contributed by atoms with Crippen molar-refractivity contribution >= 4 is 33.3 Å². The molecule has 1 heterocycles. The fourth-order valence-electron chi connectivity index (χ4n) is 2.13. The van der Waals surface area contributed by atoms with E-state index in [1.165, 1.54) is 17.0 Å². The van der Waals surface area contributed by atoms with Crippen LogP contribution in [-0.4, -0.2) is 23.6 Å². The van der Waals surface area contributed by atoms with Gasteiger partial charge in [0, 0.05) is 11.9 Å². The summed E-state index contributed by atoms with van der Waals surface area (Å²) in [5.74, 6) is -1.05. The van der Waals surface area contributed by atoms with Gasteiger partial charge in [-0.05, 0) is 30.0 Å². The highest BCUT2D eigenvalue weighted by Crippen LogP contribution is 2.31. The maximum atomic E-state index is 13.2. The number of carbonyl (C=O) groups is 2. The van der Waals surface area contributed by atoms with Crippen molar-refractivity contribution in [2.45, 2.75) is 13.8 Å². The number of amides is 1. The van der Waals surface area contributed by atoms with Gasteiger partial charge >= 0.3 is 0 Å². The van der Waals surface area contributed by atoms with Crippen molar-refractivity contribution in [2.75, 3.05) is 16.8 Å². The Morgan fingerprint density at radius 2 is 2.00 bits per heavy atom. The predicted octanol–water partition coefficient (Wildman–Crippen LogP) is 3.02. The number of carbonyl (C=O) groups excluding carboxylic acids is 2. The molecule has 0 N–H and O–H groups in total. The summed E-state index contributed by atoms with van der Waals surface area (Å²) in [5.41, 5.74) is 0.685. The lowest BCUT2D eigenvalue weighted by molar-refractivity contribution is -0.114. The number of hydrogen-bond acceptors (Lipinski definition) is 2. The molecule has 1 aliphatic rings. The molecular formula is C14H15BrFNO2. The molecular weight excluding hydrogens is 313 g/mol. The zero-order valence-electron chi connectivity index (χ0n) is 10.8. The molecule has 0 bridgehead atoms. The van der Waals surface area contributed by atoms with Crippen LogP contribution in [0.1, 0.15) is 24.2 Å². The van der Waals surface area contributed by atoms with E-state index in [0.717, 1.165) is 11.4 Å². The number of alkyl halides is 1. The van der Waals surface area contributed by atoms with E-state index < -0.39 is 17.5 Å². The van der Waals surface area contributed by atoms with E-state index in [0.29, 0.717) is 18.2 Å². The van der Waals surface area contributed by atoms with Crippen LogP contribution in [0.2, 0.25) is 0 Å². The molecule has 0 fully saturated rings. The van der Waals surface area contributed by atoms with E-state index >= 15 is 0 Å². The molecule has 1 atom stereocenters. The van der Waals surface area contributed by atoms with E-state index in [4.69, 9.17) is 0 Å². The summed E-state index contributed by atoms with van der Waals surface area (Å²) in [7, 11) is 0. The maximum Gasteiger partial charge on any atom is 0.299 e. The van der Waals surface area contributed by atoms with Crippen LogP contribution in [0.3, 0.4) is 0 Å². The summed E-state index contributed by atoms with van der Waals surface area (Å²) >= 11 is 3.43. The minimum atomic E-state index is -0.619. The van der Waals surface area contributed by atoms with Crippen molar-refractivity contribution in [3.63, 3.8) is 0 Å². The van der Waals surface area contributed by atoms with Crippen LogP contribution in [0.25, 0.3) is 0 Å². The van der Waals surface area contributed by atoms with Gasteiger partial charge in [0.2, 0.25) is 0 Å². The average molecular weight is 328 g/mol. The Kier molecular flexibility index (Phi) is 4.04. The Morgan fingerprint density at radius 3 is 2.58 bits per heavy atom. The van der Waals surface area contributed by atoms with Gasteiger partial charge in [-0.15, -0.1) is 0 Å². The number of nitrogens with zero attached hydrogens (tertiary/aromatic N) is 1. The minimum Gasteiger partial charge on any atom is -0.304 e. The molecule has 1 aliphatic heterocycles. The third-order valence-corrected chi connectivity index (χ3v) is 4.32. The Hall–Kier alpha value is -1.23. The lowest BCUT2D eigenvalue weighted by Crippen LogP contribution is -2.36. The topological polar surface area (TPSA) is 37.4 Å². The third-order valence-electron chi connectivity index (χ3n) is 3.49. The Bertz CT molecular complexity index is 530. The predicted molar refractivity (Wildman–Crippen MR) is 75.2 cm³/mol. The standard InChI is InChI=1S/C14H15BrFNO2/c1-8(2)9(6-15)7-17-12-4-3-10(16)5-11(12)13(18)14(17)19/h3-5,8-9H,6-7H2,1-2H3. The van der Waals surface area contributed by atoms with Gasteiger partial charge in [-0.1, -0.05) is 29.8 Å². The summed E-state index contributed by atoms with van der Waals surface area (Å²) in [4.78, 5) is 25.3. The number of rotatable bonds is 4. The molecule has 5 heteroatoms. The number of hydrogen-bond donors (Lipinski definition) is 0. The highest BCUT2D eigenvalue weighted by molar-refractivity contribution is 9.09. The van der Waals surface area contributed by atoms with Crippen LogP contribution >= 0.6 is 15.9 Å². The van der Waals surface area contributed by atoms with Crippen LogP contribution in [0, 0.1) is 17.7 Å². The van der Waals surface area contributed by atoms with Crippen LogP contribution in [0.15, 0.2) is 18.2 Å². The zero-order valence-corrected chi connectivity index (χ0v) is 12.4. The van der Waals surface area contributed by atoms with E-state index in [1.54, 1.807) is 0 Å². The van der Waals surface area contributed by atoms with Gasteiger partial charge in [0.1, 0.15) is 5.82 Å². The number of halogens is 2. The maximum absolute atomic E-state index is 13.2. The number of anilines is 1. The summed E-state index contributed by atoms with van der Waals surface area (Å²) in [5, 5.41) is 0.749. The normalized spacial score (nSPS) is 16.2. The molecule has 0 spiro atoms. The first-order valence-electron chi connectivity index (χ1n) is 6.17. The van der Waals surface area contributed by atoms with Crippen molar-refractivity contribution in [2.24, 2.45) is 11.8 Å². The molecule has 0 aromatic heterocycles.